The number of halogens is 1. The Labute approximate surface area is 150 Å². The van der Waals surface area contributed by atoms with Crippen LogP contribution in [0.1, 0.15) is 24.8 Å². The van der Waals surface area contributed by atoms with Crippen molar-refractivity contribution in [3.8, 4) is 0 Å². The lowest BCUT2D eigenvalue weighted by molar-refractivity contribution is -0.132. The summed E-state index contributed by atoms with van der Waals surface area (Å²) in [6.07, 6.45) is 4.37. The Hall–Kier alpha value is -1.10. The molecule has 1 aliphatic heterocycles. The number of benzene rings is 1. The van der Waals surface area contributed by atoms with E-state index in [1.54, 1.807) is 0 Å². The smallest absolute Gasteiger partial charge is 0.223 e. The van der Waals surface area contributed by atoms with E-state index in [9.17, 15) is 4.79 Å². The lowest BCUT2D eigenvalue weighted by atomic mass is 10.1. The molecule has 2 aliphatic rings. The van der Waals surface area contributed by atoms with E-state index < -0.39 is 0 Å². The predicted molar refractivity (Wildman–Crippen MR) is 98.4 cm³/mol. The molecular weight excluding hydrogens is 322 g/mol. The first kappa shape index (κ1) is 17.7. The monoisotopic (exact) mass is 349 g/mol. The molecule has 1 aromatic rings. The normalized spacial score (nSPS) is 18.2. The minimum atomic E-state index is 0.309. The summed E-state index contributed by atoms with van der Waals surface area (Å²) in [7, 11) is 0. The maximum Gasteiger partial charge on any atom is 0.223 e. The van der Waals surface area contributed by atoms with Crippen molar-refractivity contribution in [2.45, 2.75) is 25.7 Å². The molecule has 2 fully saturated rings. The second-order valence-electron chi connectivity index (χ2n) is 7.00. The molecule has 1 saturated carbocycles. The van der Waals surface area contributed by atoms with Gasteiger partial charge in [-0.05, 0) is 42.9 Å². The molecule has 132 valence electrons. The van der Waals surface area contributed by atoms with Gasteiger partial charge < -0.3 is 15.1 Å². The van der Waals surface area contributed by atoms with Gasteiger partial charge in [-0.3, -0.25) is 4.79 Å². The fourth-order valence-corrected chi connectivity index (χ4v) is 3.35. The van der Waals surface area contributed by atoms with Crippen LogP contribution in [0.3, 0.4) is 0 Å². The third kappa shape index (κ3) is 5.76. The highest BCUT2D eigenvalue weighted by molar-refractivity contribution is 6.30. The Morgan fingerprint density at radius 1 is 1.17 bits per heavy atom. The molecular formula is C19H28ClN3O. The number of carbonyl (C=O) groups is 1. The van der Waals surface area contributed by atoms with Crippen LogP contribution in [0.5, 0.6) is 0 Å². The van der Waals surface area contributed by atoms with Gasteiger partial charge in [-0.2, -0.15) is 0 Å². The quantitative estimate of drug-likeness (QED) is 0.783. The lowest BCUT2D eigenvalue weighted by Crippen LogP contribution is -2.47. The first-order valence-electron chi connectivity index (χ1n) is 9.16. The van der Waals surface area contributed by atoms with Crippen LogP contribution in [0.2, 0.25) is 5.02 Å². The summed E-state index contributed by atoms with van der Waals surface area (Å²) in [5.41, 5.74) is 1.31. The van der Waals surface area contributed by atoms with Gasteiger partial charge in [-0.25, -0.2) is 0 Å². The first-order valence-corrected chi connectivity index (χ1v) is 9.54. The number of carbonyl (C=O) groups excluding carboxylic acids is 1. The molecule has 3 rings (SSSR count). The molecule has 1 N–H and O–H groups in total. The van der Waals surface area contributed by atoms with E-state index in [0.29, 0.717) is 12.3 Å². The molecule has 1 saturated heterocycles. The van der Waals surface area contributed by atoms with Gasteiger partial charge in [0, 0.05) is 57.3 Å². The number of hydrogen-bond donors (Lipinski definition) is 1. The average Bonchev–Trinajstić information content (AvgIpc) is 3.43. The zero-order valence-electron chi connectivity index (χ0n) is 14.3. The van der Waals surface area contributed by atoms with Crippen molar-refractivity contribution in [3.05, 3.63) is 34.9 Å². The molecule has 1 aliphatic carbocycles. The summed E-state index contributed by atoms with van der Waals surface area (Å²) >= 11 is 5.95. The number of piperazine rings is 1. The van der Waals surface area contributed by atoms with Gasteiger partial charge in [0.05, 0.1) is 0 Å². The first-order chi connectivity index (χ1) is 11.7. The largest absolute Gasteiger partial charge is 0.340 e. The summed E-state index contributed by atoms with van der Waals surface area (Å²) < 4.78 is 0. The molecule has 0 aromatic heterocycles. The number of rotatable bonds is 8. The van der Waals surface area contributed by atoms with E-state index in [-0.39, 0.29) is 0 Å². The Kier molecular flexibility index (Phi) is 6.52. The number of hydrogen-bond acceptors (Lipinski definition) is 3. The van der Waals surface area contributed by atoms with E-state index in [1.807, 2.05) is 17.0 Å². The van der Waals surface area contributed by atoms with Crippen molar-refractivity contribution in [1.29, 1.82) is 0 Å². The summed E-state index contributed by atoms with van der Waals surface area (Å²) in [5, 5.41) is 4.08. The highest BCUT2D eigenvalue weighted by atomic mass is 35.5. The fourth-order valence-electron chi connectivity index (χ4n) is 3.22. The summed E-state index contributed by atoms with van der Waals surface area (Å²) in [6, 6.07) is 8.11. The highest BCUT2D eigenvalue weighted by Gasteiger charge is 2.25. The molecule has 0 spiro atoms. The molecule has 4 nitrogen and oxygen atoms in total. The number of nitrogens with zero attached hydrogens (tertiary/aromatic N) is 2. The van der Waals surface area contributed by atoms with Gasteiger partial charge in [0.25, 0.3) is 0 Å². The van der Waals surface area contributed by atoms with Crippen LogP contribution in [-0.2, 0) is 11.2 Å². The van der Waals surface area contributed by atoms with Crippen LogP contribution in [0.15, 0.2) is 24.3 Å². The van der Waals surface area contributed by atoms with Gasteiger partial charge in [-0.1, -0.05) is 23.7 Å². The SMILES string of the molecule is O=C(CCN(CCc1ccc(Cl)cc1)CC1CC1)N1CCNCC1. The molecule has 0 atom stereocenters. The van der Waals surface area contributed by atoms with Crippen molar-refractivity contribution in [3.63, 3.8) is 0 Å². The maximum atomic E-state index is 12.4. The van der Waals surface area contributed by atoms with Crippen LogP contribution in [0, 0.1) is 5.92 Å². The van der Waals surface area contributed by atoms with Gasteiger partial charge in [0.2, 0.25) is 5.91 Å². The van der Waals surface area contributed by atoms with Crippen LogP contribution < -0.4 is 5.32 Å². The molecule has 0 unspecified atom stereocenters. The molecule has 1 aromatic carbocycles. The van der Waals surface area contributed by atoms with Crippen molar-refractivity contribution >= 4 is 17.5 Å². The summed E-state index contributed by atoms with van der Waals surface area (Å²) in [6.45, 7) is 6.60. The molecule has 1 heterocycles. The zero-order valence-corrected chi connectivity index (χ0v) is 15.1. The second-order valence-corrected chi connectivity index (χ2v) is 7.44. The number of amides is 1. The summed E-state index contributed by atoms with van der Waals surface area (Å²) in [5.74, 6) is 1.16. The van der Waals surface area contributed by atoms with Crippen LogP contribution in [0.25, 0.3) is 0 Å². The molecule has 1 amide bonds. The predicted octanol–water partition coefficient (Wildman–Crippen LogP) is 2.42. The highest BCUT2D eigenvalue weighted by Crippen LogP contribution is 2.29. The van der Waals surface area contributed by atoms with Crippen molar-refractivity contribution in [2.75, 3.05) is 45.8 Å². The summed E-state index contributed by atoms with van der Waals surface area (Å²) in [4.78, 5) is 16.9. The third-order valence-electron chi connectivity index (χ3n) is 4.95. The second kappa shape index (κ2) is 8.84. The van der Waals surface area contributed by atoms with Crippen LogP contribution >= 0.6 is 11.6 Å². The standard InChI is InChI=1S/C19H28ClN3O/c20-18-5-3-16(4-6-18)7-11-22(15-17-1-2-17)12-8-19(24)23-13-9-21-10-14-23/h3-6,17,21H,1-2,7-15H2. The maximum absolute atomic E-state index is 12.4. The average molecular weight is 350 g/mol. The van der Waals surface area contributed by atoms with E-state index in [2.05, 4.69) is 22.3 Å². The van der Waals surface area contributed by atoms with Gasteiger partial charge in [-0.15, -0.1) is 0 Å². The molecule has 24 heavy (non-hydrogen) atoms. The minimum absolute atomic E-state index is 0.309. The molecule has 0 bridgehead atoms. The Bertz CT molecular complexity index is 524. The van der Waals surface area contributed by atoms with E-state index in [0.717, 1.165) is 63.2 Å². The van der Waals surface area contributed by atoms with Crippen molar-refractivity contribution in [2.24, 2.45) is 5.92 Å². The third-order valence-corrected chi connectivity index (χ3v) is 5.21. The van der Waals surface area contributed by atoms with E-state index in [1.165, 1.54) is 18.4 Å². The fraction of sp³-hybridized carbons (Fsp3) is 0.632. The van der Waals surface area contributed by atoms with Crippen molar-refractivity contribution in [1.82, 2.24) is 15.1 Å². The van der Waals surface area contributed by atoms with E-state index in [4.69, 9.17) is 11.6 Å². The van der Waals surface area contributed by atoms with Gasteiger partial charge in [0.15, 0.2) is 0 Å². The van der Waals surface area contributed by atoms with E-state index >= 15 is 0 Å². The van der Waals surface area contributed by atoms with Crippen LogP contribution in [0.4, 0.5) is 0 Å². The van der Waals surface area contributed by atoms with Crippen molar-refractivity contribution < 1.29 is 4.79 Å². The van der Waals surface area contributed by atoms with Gasteiger partial charge >= 0.3 is 0 Å². The topological polar surface area (TPSA) is 35.6 Å². The Balaban J connectivity index is 1.45. The Morgan fingerprint density at radius 2 is 1.88 bits per heavy atom. The minimum Gasteiger partial charge on any atom is -0.340 e. The zero-order chi connectivity index (χ0) is 16.8. The van der Waals surface area contributed by atoms with Crippen LogP contribution in [-0.4, -0.2) is 61.5 Å². The molecule has 0 radical (unpaired) electrons. The number of nitrogens with one attached hydrogen (secondary N) is 1. The van der Waals surface area contributed by atoms with Gasteiger partial charge in [0.1, 0.15) is 0 Å². The molecule has 5 heteroatoms. The Morgan fingerprint density at radius 3 is 2.54 bits per heavy atom. The lowest BCUT2D eigenvalue weighted by Gasteiger charge is -2.29.